The van der Waals surface area contributed by atoms with E-state index in [9.17, 15) is 9.59 Å². The quantitative estimate of drug-likeness (QED) is 0.855. The number of anilines is 1. The maximum atomic E-state index is 12.8. The first-order valence-electron chi connectivity index (χ1n) is 8.68. The molecule has 0 bridgehead atoms. The Hall–Kier alpha value is -2.73. The number of carbonyl (C=O) groups excluding carboxylic acids is 2. The van der Waals surface area contributed by atoms with Gasteiger partial charge >= 0.3 is 0 Å². The molecule has 0 saturated heterocycles. The van der Waals surface area contributed by atoms with Crippen molar-refractivity contribution in [2.24, 2.45) is 0 Å². The first-order chi connectivity index (χ1) is 13.0. The fourth-order valence-electron chi connectivity index (χ4n) is 2.99. The van der Waals surface area contributed by atoms with Crippen LogP contribution in [0.4, 0.5) is 5.69 Å². The number of para-hydroxylation sites is 2. The van der Waals surface area contributed by atoms with Crippen molar-refractivity contribution in [3.05, 3.63) is 59.1 Å². The summed E-state index contributed by atoms with van der Waals surface area (Å²) in [4.78, 5) is 28.3. The van der Waals surface area contributed by atoms with Gasteiger partial charge in [-0.25, -0.2) is 0 Å². The highest BCUT2D eigenvalue weighted by atomic mass is 35.5. The molecule has 0 saturated carbocycles. The number of hydrogen-bond acceptors (Lipinski definition) is 4. The molecule has 2 amide bonds. The standard InChI is InChI=1S/C20H22ClN3O3/c1-22-20(26)18-12-24(16-5-3-4-6-17(16)27-18)13-19(25)23(2)11-14-7-9-15(21)10-8-14/h3-10,18H,11-13H2,1-2H3,(H,22,26)/t18-/m0/s1. The lowest BCUT2D eigenvalue weighted by Gasteiger charge is -2.35. The van der Waals surface area contributed by atoms with Crippen molar-refractivity contribution in [1.82, 2.24) is 10.2 Å². The number of hydrogen-bond donors (Lipinski definition) is 1. The van der Waals surface area contributed by atoms with E-state index in [4.69, 9.17) is 16.3 Å². The van der Waals surface area contributed by atoms with Crippen LogP contribution < -0.4 is 15.0 Å². The fraction of sp³-hybridized carbons (Fsp3) is 0.300. The second-order valence-electron chi connectivity index (χ2n) is 6.45. The molecule has 1 aliphatic heterocycles. The maximum absolute atomic E-state index is 12.8. The highest BCUT2D eigenvalue weighted by Crippen LogP contribution is 2.33. The van der Waals surface area contributed by atoms with Gasteiger partial charge < -0.3 is 19.9 Å². The molecule has 142 valence electrons. The number of amides is 2. The molecule has 27 heavy (non-hydrogen) atoms. The van der Waals surface area contributed by atoms with Gasteiger partial charge in [0.25, 0.3) is 5.91 Å². The Bertz CT molecular complexity index is 825. The van der Waals surface area contributed by atoms with Crippen LogP contribution in [0.3, 0.4) is 0 Å². The SMILES string of the molecule is CNC(=O)[C@@H]1CN(CC(=O)N(C)Cc2ccc(Cl)cc2)c2ccccc2O1. The van der Waals surface area contributed by atoms with Crippen molar-refractivity contribution in [3.8, 4) is 5.75 Å². The molecule has 6 nitrogen and oxygen atoms in total. The van der Waals surface area contributed by atoms with Crippen LogP contribution >= 0.6 is 11.6 Å². The molecular weight excluding hydrogens is 366 g/mol. The molecule has 7 heteroatoms. The first-order valence-corrected chi connectivity index (χ1v) is 9.06. The highest BCUT2D eigenvalue weighted by Gasteiger charge is 2.31. The Morgan fingerprint density at radius 1 is 1.22 bits per heavy atom. The van der Waals surface area contributed by atoms with Crippen LogP contribution in [0.15, 0.2) is 48.5 Å². The third-order valence-electron chi connectivity index (χ3n) is 4.49. The molecule has 2 aromatic carbocycles. The molecule has 0 spiro atoms. The minimum absolute atomic E-state index is 0.0442. The van der Waals surface area contributed by atoms with Gasteiger partial charge in [0.1, 0.15) is 5.75 Å². The van der Waals surface area contributed by atoms with E-state index in [1.807, 2.05) is 35.2 Å². The molecular formula is C20H22ClN3O3. The Kier molecular flexibility index (Phi) is 5.86. The van der Waals surface area contributed by atoms with Gasteiger partial charge in [-0.05, 0) is 29.8 Å². The van der Waals surface area contributed by atoms with Gasteiger partial charge in [0.2, 0.25) is 5.91 Å². The molecule has 1 N–H and O–H groups in total. The first kappa shape index (κ1) is 19.0. The van der Waals surface area contributed by atoms with Crippen LogP contribution in [-0.4, -0.2) is 50.0 Å². The van der Waals surface area contributed by atoms with E-state index >= 15 is 0 Å². The average molecular weight is 388 g/mol. The number of ether oxygens (including phenoxy) is 1. The predicted molar refractivity (Wildman–Crippen MR) is 105 cm³/mol. The van der Waals surface area contributed by atoms with E-state index in [1.165, 1.54) is 0 Å². The molecule has 3 rings (SSSR count). The predicted octanol–water partition coefficient (Wildman–Crippen LogP) is 2.31. The van der Waals surface area contributed by atoms with Crippen LogP contribution in [0.1, 0.15) is 5.56 Å². The van der Waals surface area contributed by atoms with E-state index in [0.29, 0.717) is 23.9 Å². The van der Waals surface area contributed by atoms with E-state index < -0.39 is 6.10 Å². The maximum Gasteiger partial charge on any atom is 0.262 e. The number of carbonyl (C=O) groups is 2. The zero-order valence-electron chi connectivity index (χ0n) is 15.3. The van der Waals surface area contributed by atoms with E-state index in [1.54, 1.807) is 37.2 Å². The molecule has 1 heterocycles. The van der Waals surface area contributed by atoms with Crippen LogP contribution in [0.25, 0.3) is 0 Å². The topological polar surface area (TPSA) is 61.9 Å². The van der Waals surface area contributed by atoms with Gasteiger partial charge in [-0.2, -0.15) is 0 Å². The lowest BCUT2D eigenvalue weighted by Crippen LogP contribution is -2.50. The summed E-state index contributed by atoms with van der Waals surface area (Å²) in [6.45, 7) is 0.968. The Labute approximate surface area is 163 Å². The molecule has 0 fully saturated rings. The minimum Gasteiger partial charge on any atom is -0.477 e. The number of benzene rings is 2. The van der Waals surface area contributed by atoms with Crippen molar-refractivity contribution >= 4 is 29.1 Å². The minimum atomic E-state index is -0.653. The molecule has 0 radical (unpaired) electrons. The third-order valence-corrected chi connectivity index (χ3v) is 4.74. The molecule has 1 aliphatic rings. The van der Waals surface area contributed by atoms with Crippen molar-refractivity contribution in [2.45, 2.75) is 12.6 Å². The van der Waals surface area contributed by atoms with Crippen molar-refractivity contribution in [3.63, 3.8) is 0 Å². The van der Waals surface area contributed by atoms with E-state index in [0.717, 1.165) is 11.3 Å². The zero-order valence-corrected chi connectivity index (χ0v) is 16.1. The Morgan fingerprint density at radius 3 is 2.63 bits per heavy atom. The highest BCUT2D eigenvalue weighted by molar-refractivity contribution is 6.30. The second kappa shape index (κ2) is 8.31. The van der Waals surface area contributed by atoms with Crippen LogP contribution in [0, 0.1) is 0 Å². The number of rotatable bonds is 5. The smallest absolute Gasteiger partial charge is 0.262 e. The zero-order chi connectivity index (χ0) is 19.4. The number of likely N-dealkylation sites (N-methyl/N-ethyl adjacent to an activating group) is 2. The number of nitrogens with zero attached hydrogens (tertiary/aromatic N) is 2. The van der Waals surface area contributed by atoms with Gasteiger partial charge in [0.15, 0.2) is 6.10 Å². The molecule has 0 aromatic heterocycles. The summed E-state index contributed by atoms with van der Waals surface area (Å²) >= 11 is 5.91. The van der Waals surface area contributed by atoms with Crippen molar-refractivity contribution < 1.29 is 14.3 Å². The third kappa shape index (κ3) is 4.52. The average Bonchev–Trinajstić information content (AvgIpc) is 2.68. The summed E-state index contributed by atoms with van der Waals surface area (Å²) in [6.07, 6.45) is -0.653. The molecule has 2 aromatic rings. The normalized spacial score (nSPS) is 15.5. The van der Waals surface area contributed by atoms with Crippen LogP contribution in [-0.2, 0) is 16.1 Å². The van der Waals surface area contributed by atoms with Gasteiger partial charge in [0.05, 0.1) is 18.8 Å². The number of fused-ring (bicyclic) bond motifs is 1. The fourth-order valence-corrected chi connectivity index (χ4v) is 3.12. The summed E-state index contributed by atoms with van der Waals surface area (Å²) in [7, 11) is 3.33. The number of halogens is 1. The molecule has 0 unspecified atom stereocenters. The van der Waals surface area contributed by atoms with Gasteiger partial charge in [0, 0.05) is 25.7 Å². The van der Waals surface area contributed by atoms with E-state index in [2.05, 4.69) is 5.32 Å². The van der Waals surface area contributed by atoms with Gasteiger partial charge in [-0.15, -0.1) is 0 Å². The number of nitrogens with one attached hydrogen (secondary N) is 1. The molecule has 1 atom stereocenters. The van der Waals surface area contributed by atoms with Gasteiger partial charge in [-0.3, -0.25) is 9.59 Å². The summed E-state index contributed by atoms with van der Waals surface area (Å²) in [5, 5.41) is 3.27. The second-order valence-corrected chi connectivity index (χ2v) is 6.88. The Balaban J connectivity index is 1.71. The Morgan fingerprint density at radius 2 is 1.93 bits per heavy atom. The van der Waals surface area contributed by atoms with Crippen LogP contribution in [0.2, 0.25) is 5.02 Å². The van der Waals surface area contributed by atoms with Crippen molar-refractivity contribution in [2.75, 3.05) is 32.1 Å². The van der Waals surface area contributed by atoms with Crippen LogP contribution in [0.5, 0.6) is 5.75 Å². The monoisotopic (exact) mass is 387 g/mol. The van der Waals surface area contributed by atoms with Crippen molar-refractivity contribution in [1.29, 1.82) is 0 Å². The largest absolute Gasteiger partial charge is 0.477 e. The lowest BCUT2D eigenvalue weighted by molar-refractivity contribution is -0.130. The summed E-state index contributed by atoms with van der Waals surface area (Å²) in [5.41, 5.74) is 1.81. The lowest BCUT2D eigenvalue weighted by atomic mass is 10.1. The summed E-state index contributed by atoms with van der Waals surface area (Å²) in [6, 6.07) is 14.8. The van der Waals surface area contributed by atoms with Gasteiger partial charge in [-0.1, -0.05) is 35.9 Å². The van der Waals surface area contributed by atoms with E-state index in [-0.39, 0.29) is 18.4 Å². The molecule has 0 aliphatic carbocycles. The summed E-state index contributed by atoms with van der Waals surface area (Å²) < 4.78 is 5.77. The summed E-state index contributed by atoms with van der Waals surface area (Å²) in [5.74, 6) is 0.347.